The number of carbonyl (C=O) groups is 1. The number of amides is 2. The highest BCUT2D eigenvalue weighted by atomic mass is 16.5. The number of carbonyl (C=O) groups excluding carboxylic acids is 1. The highest BCUT2D eigenvalue weighted by molar-refractivity contribution is 5.77. The van der Waals surface area contributed by atoms with Crippen molar-refractivity contribution in [3.8, 4) is 5.75 Å². The maximum absolute atomic E-state index is 12.8. The summed E-state index contributed by atoms with van der Waals surface area (Å²) in [7, 11) is 1.67. The van der Waals surface area contributed by atoms with Gasteiger partial charge in [-0.05, 0) is 61.9 Å². The maximum Gasteiger partial charge on any atom is 0.315 e. The first-order valence-electron chi connectivity index (χ1n) is 10.3. The van der Waals surface area contributed by atoms with Gasteiger partial charge in [-0.1, -0.05) is 24.3 Å². The Bertz CT molecular complexity index is 1050. The minimum atomic E-state index is -0.310. The largest absolute Gasteiger partial charge is 0.497 e. The number of fused-ring (bicyclic) bond motifs is 1. The molecule has 2 saturated carbocycles. The zero-order valence-electron chi connectivity index (χ0n) is 16.6. The number of imidazole rings is 1. The molecule has 6 heteroatoms. The summed E-state index contributed by atoms with van der Waals surface area (Å²) >= 11 is 0. The van der Waals surface area contributed by atoms with Crippen molar-refractivity contribution < 1.29 is 9.53 Å². The van der Waals surface area contributed by atoms with Crippen LogP contribution in [0.2, 0.25) is 0 Å². The van der Waals surface area contributed by atoms with Crippen molar-refractivity contribution in [1.82, 2.24) is 20.2 Å². The minimum absolute atomic E-state index is 0.151. The Balaban J connectivity index is 1.31. The molecule has 1 aromatic heterocycles. The van der Waals surface area contributed by atoms with E-state index < -0.39 is 0 Å². The van der Waals surface area contributed by atoms with Crippen molar-refractivity contribution in [3.05, 3.63) is 59.9 Å². The number of nitrogens with one attached hydrogen (secondary N) is 2. The number of rotatable bonds is 6. The maximum atomic E-state index is 12.8. The highest BCUT2D eigenvalue weighted by Gasteiger charge is 2.40. The summed E-state index contributed by atoms with van der Waals surface area (Å²) in [6.07, 6.45) is 5.34. The Labute approximate surface area is 170 Å². The van der Waals surface area contributed by atoms with Crippen molar-refractivity contribution in [2.75, 3.05) is 7.11 Å². The Morgan fingerprint density at radius 3 is 2.76 bits per heavy atom. The summed E-state index contributed by atoms with van der Waals surface area (Å²) in [5.41, 5.74) is 2.93. The number of benzene rings is 2. The van der Waals surface area contributed by atoms with Crippen LogP contribution in [0, 0.1) is 0 Å². The van der Waals surface area contributed by atoms with Crippen LogP contribution in [0.15, 0.2) is 48.5 Å². The molecule has 0 aliphatic heterocycles. The number of hydrogen-bond donors (Lipinski definition) is 2. The Morgan fingerprint density at radius 1 is 1.21 bits per heavy atom. The topological polar surface area (TPSA) is 68.2 Å². The van der Waals surface area contributed by atoms with Gasteiger partial charge in [0.1, 0.15) is 11.6 Å². The third-order valence-corrected chi connectivity index (χ3v) is 6.17. The predicted molar refractivity (Wildman–Crippen MR) is 112 cm³/mol. The molecule has 3 aromatic rings. The van der Waals surface area contributed by atoms with Gasteiger partial charge in [-0.3, -0.25) is 0 Å². The summed E-state index contributed by atoms with van der Waals surface area (Å²) in [6.45, 7) is 0.422. The first-order chi connectivity index (χ1) is 14.2. The monoisotopic (exact) mass is 390 g/mol. The van der Waals surface area contributed by atoms with E-state index >= 15 is 0 Å². The summed E-state index contributed by atoms with van der Waals surface area (Å²) in [4.78, 5) is 17.5. The van der Waals surface area contributed by atoms with E-state index in [1.807, 2.05) is 36.4 Å². The minimum Gasteiger partial charge on any atom is -0.497 e. The van der Waals surface area contributed by atoms with Gasteiger partial charge in [-0.15, -0.1) is 0 Å². The predicted octanol–water partition coefficient (Wildman–Crippen LogP) is 4.26. The summed E-state index contributed by atoms with van der Waals surface area (Å²) < 4.78 is 7.65. The lowest BCUT2D eigenvalue weighted by atomic mass is 9.72. The number of nitrogens with zero attached hydrogens (tertiary/aromatic N) is 2. The van der Waals surface area contributed by atoms with Gasteiger partial charge in [0.15, 0.2) is 0 Å². The summed E-state index contributed by atoms with van der Waals surface area (Å²) in [6, 6.07) is 16.5. The van der Waals surface area contributed by atoms with E-state index in [9.17, 15) is 4.79 Å². The first-order valence-corrected chi connectivity index (χ1v) is 10.3. The number of urea groups is 1. The van der Waals surface area contributed by atoms with Crippen LogP contribution < -0.4 is 15.4 Å². The van der Waals surface area contributed by atoms with E-state index in [1.165, 1.54) is 12.8 Å². The fraction of sp³-hybridized carbons (Fsp3) is 0.391. The zero-order chi connectivity index (χ0) is 19.8. The average Bonchev–Trinajstić information content (AvgIpc) is 3.49. The molecule has 150 valence electrons. The molecular weight excluding hydrogens is 364 g/mol. The second kappa shape index (κ2) is 7.10. The van der Waals surface area contributed by atoms with Crippen molar-refractivity contribution >= 4 is 17.1 Å². The first kappa shape index (κ1) is 18.0. The van der Waals surface area contributed by atoms with Crippen LogP contribution in [0.1, 0.15) is 49.5 Å². The van der Waals surface area contributed by atoms with Crippen LogP contribution in [-0.4, -0.2) is 22.7 Å². The molecule has 29 heavy (non-hydrogen) atoms. The number of hydrogen-bond acceptors (Lipinski definition) is 3. The normalized spacial score (nSPS) is 17.6. The molecule has 6 nitrogen and oxygen atoms in total. The van der Waals surface area contributed by atoms with Crippen LogP contribution in [-0.2, 0) is 12.1 Å². The fourth-order valence-electron chi connectivity index (χ4n) is 4.32. The molecule has 0 saturated heterocycles. The molecule has 2 N–H and O–H groups in total. The number of para-hydroxylation sites is 2. The lowest BCUT2D eigenvalue weighted by Gasteiger charge is -2.43. The van der Waals surface area contributed by atoms with Crippen molar-refractivity contribution in [2.24, 2.45) is 0 Å². The molecule has 2 fully saturated rings. The van der Waals surface area contributed by atoms with E-state index in [4.69, 9.17) is 9.72 Å². The second-order valence-corrected chi connectivity index (χ2v) is 8.09. The van der Waals surface area contributed by atoms with Crippen LogP contribution >= 0.6 is 0 Å². The quantitative estimate of drug-likeness (QED) is 0.661. The Kier molecular flexibility index (Phi) is 4.42. The lowest BCUT2D eigenvalue weighted by molar-refractivity contribution is 0.176. The van der Waals surface area contributed by atoms with Gasteiger partial charge >= 0.3 is 6.03 Å². The van der Waals surface area contributed by atoms with Crippen molar-refractivity contribution in [2.45, 2.75) is 50.2 Å². The van der Waals surface area contributed by atoms with Crippen LogP contribution in [0.25, 0.3) is 11.0 Å². The van der Waals surface area contributed by atoms with Gasteiger partial charge < -0.3 is 19.9 Å². The lowest BCUT2D eigenvalue weighted by Crippen LogP contribution is -2.53. The van der Waals surface area contributed by atoms with E-state index in [0.29, 0.717) is 12.6 Å². The van der Waals surface area contributed by atoms with E-state index in [0.717, 1.165) is 47.4 Å². The molecule has 5 rings (SSSR count). The van der Waals surface area contributed by atoms with Gasteiger partial charge in [0.2, 0.25) is 0 Å². The van der Waals surface area contributed by atoms with Crippen molar-refractivity contribution in [3.63, 3.8) is 0 Å². The molecule has 2 amide bonds. The SMILES string of the molecule is COc1cccc(C2(NC(=O)NCc3nc4ccccc4n3C3CC3)CCC2)c1. The molecule has 0 unspecified atom stereocenters. The van der Waals surface area contributed by atoms with E-state index in [-0.39, 0.29) is 11.6 Å². The summed E-state index contributed by atoms with van der Waals surface area (Å²) in [5.74, 6) is 1.74. The standard InChI is InChI=1S/C23H26N4O2/c1-29-18-7-4-6-16(14-18)23(12-5-13-23)26-22(28)24-15-21-25-19-8-2-3-9-20(19)27(21)17-10-11-17/h2-4,6-9,14,17H,5,10-13,15H2,1H3,(H2,24,26,28). The number of ether oxygens (including phenoxy) is 1. The van der Waals surface area contributed by atoms with Crippen LogP contribution in [0.3, 0.4) is 0 Å². The smallest absolute Gasteiger partial charge is 0.315 e. The van der Waals surface area contributed by atoms with Gasteiger partial charge in [0, 0.05) is 6.04 Å². The molecule has 0 radical (unpaired) electrons. The zero-order valence-corrected chi connectivity index (χ0v) is 16.6. The second-order valence-electron chi connectivity index (χ2n) is 8.09. The molecule has 0 atom stereocenters. The molecule has 2 aliphatic rings. The summed E-state index contributed by atoms with van der Waals surface area (Å²) in [5, 5.41) is 6.26. The Hall–Kier alpha value is -3.02. The highest BCUT2D eigenvalue weighted by Crippen LogP contribution is 2.42. The van der Waals surface area contributed by atoms with Gasteiger partial charge in [-0.25, -0.2) is 9.78 Å². The molecule has 2 aliphatic carbocycles. The van der Waals surface area contributed by atoms with E-state index in [1.54, 1.807) is 7.11 Å². The van der Waals surface area contributed by atoms with E-state index in [2.05, 4.69) is 27.3 Å². The van der Waals surface area contributed by atoms with Crippen molar-refractivity contribution in [1.29, 1.82) is 0 Å². The molecule has 2 aromatic carbocycles. The van der Waals surface area contributed by atoms with Crippen LogP contribution in [0.4, 0.5) is 4.79 Å². The third kappa shape index (κ3) is 3.33. The Morgan fingerprint density at radius 2 is 2.03 bits per heavy atom. The van der Waals surface area contributed by atoms with Crippen LogP contribution in [0.5, 0.6) is 5.75 Å². The average molecular weight is 390 g/mol. The van der Waals surface area contributed by atoms with Gasteiger partial charge in [0.05, 0.1) is 30.2 Å². The molecule has 1 heterocycles. The third-order valence-electron chi connectivity index (χ3n) is 6.17. The van der Waals surface area contributed by atoms with Gasteiger partial charge in [-0.2, -0.15) is 0 Å². The number of methoxy groups -OCH3 is 1. The molecular formula is C23H26N4O2. The van der Waals surface area contributed by atoms with Gasteiger partial charge in [0.25, 0.3) is 0 Å². The fourth-order valence-corrected chi connectivity index (χ4v) is 4.32. The molecule has 0 bridgehead atoms. The number of aromatic nitrogens is 2. The molecule has 0 spiro atoms.